The second kappa shape index (κ2) is 5.33. The van der Waals surface area contributed by atoms with Crippen molar-refractivity contribution in [3.8, 4) is 11.4 Å². The summed E-state index contributed by atoms with van der Waals surface area (Å²) in [5.41, 5.74) is 1.82. The van der Waals surface area contributed by atoms with Gasteiger partial charge in [0, 0.05) is 23.7 Å². The fourth-order valence-electron chi connectivity index (χ4n) is 2.84. The average molecular weight is 314 g/mol. The summed E-state index contributed by atoms with van der Waals surface area (Å²) in [7, 11) is 0. The summed E-state index contributed by atoms with van der Waals surface area (Å²) < 4.78 is 2.08. The number of nitrogens with one attached hydrogen (secondary N) is 2. The van der Waals surface area contributed by atoms with Crippen LogP contribution in [0.5, 0.6) is 0 Å². The highest BCUT2D eigenvalue weighted by Crippen LogP contribution is 2.24. The third-order valence-electron chi connectivity index (χ3n) is 4.07. The molecular formula is C15H18N6S. The smallest absolute Gasteiger partial charge is 0.194 e. The van der Waals surface area contributed by atoms with Gasteiger partial charge in [-0.15, -0.1) is 11.3 Å². The molecule has 2 atom stereocenters. The van der Waals surface area contributed by atoms with Gasteiger partial charge in [-0.05, 0) is 19.4 Å². The van der Waals surface area contributed by atoms with Crippen molar-refractivity contribution in [3.63, 3.8) is 0 Å². The summed E-state index contributed by atoms with van der Waals surface area (Å²) in [5, 5.41) is 6.87. The maximum atomic E-state index is 4.71. The van der Waals surface area contributed by atoms with E-state index in [9.17, 15) is 0 Å². The number of imidazole rings is 1. The fraction of sp³-hybridized carbons (Fsp3) is 0.400. The van der Waals surface area contributed by atoms with E-state index >= 15 is 0 Å². The normalized spacial score (nSPS) is 21.5. The van der Waals surface area contributed by atoms with Gasteiger partial charge in [-0.1, -0.05) is 6.92 Å². The third kappa shape index (κ3) is 2.36. The minimum absolute atomic E-state index is 0.401. The molecule has 6 nitrogen and oxygen atoms in total. The van der Waals surface area contributed by atoms with Crippen LogP contribution in [-0.4, -0.2) is 38.5 Å². The molecule has 4 rings (SSSR count). The zero-order valence-corrected chi connectivity index (χ0v) is 13.4. The third-order valence-corrected chi connectivity index (χ3v) is 4.99. The Labute approximate surface area is 132 Å². The number of thiazole rings is 1. The highest BCUT2D eigenvalue weighted by atomic mass is 32.1. The molecule has 1 aliphatic rings. The molecule has 0 unspecified atom stereocenters. The summed E-state index contributed by atoms with van der Waals surface area (Å²) in [6.07, 6.45) is 7.52. The lowest BCUT2D eigenvalue weighted by atomic mass is 10.1. The second-order valence-electron chi connectivity index (χ2n) is 5.81. The molecule has 0 aromatic carbocycles. The Hall–Kier alpha value is -1.99. The Morgan fingerprint density at radius 3 is 3.05 bits per heavy atom. The van der Waals surface area contributed by atoms with Crippen molar-refractivity contribution >= 4 is 22.1 Å². The Balaban J connectivity index is 1.66. The predicted molar refractivity (Wildman–Crippen MR) is 88.3 cm³/mol. The summed E-state index contributed by atoms with van der Waals surface area (Å²) in [6, 6.07) is 0.401. The lowest BCUT2D eigenvalue weighted by molar-refractivity contribution is 0.593. The molecule has 7 heteroatoms. The van der Waals surface area contributed by atoms with Gasteiger partial charge in [0.05, 0.1) is 24.3 Å². The lowest BCUT2D eigenvalue weighted by Gasteiger charge is -2.16. The van der Waals surface area contributed by atoms with Gasteiger partial charge in [-0.25, -0.2) is 9.97 Å². The monoisotopic (exact) mass is 314 g/mol. The quantitative estimate of drug-likeness (QED) is 0.775. The number of hydrogen-bond acceptors (Lipinski definition) is 6. The Morgan fingerprint density at radius 1 is 1.32 bits per heavy atom. The van der Waals surface area contributed by atoms with Crippen LogP contribution in [-0.2, 0) is 0 Å². The van der Waals surface area contributed by atoms with E-state index in [2.05, 4.69) is 45.0 Å². The van der Waals surface area contributed by atoms with Crippen LogP contribution in [0.1, 0.15) is 11.8 Å². The van der Waals surface area contributed by atoms with Gasteiger partial charge in [-0.3, -0.25) is 9.38 Å². The van der Waals surface area contributed by atoms with Crippen molar-refractivity contribution in [1.29, 1.82) is 0 Å². The van der Waals surface area contributed by atoms with Crippen LogP contribution in [0.4, 0.5) is 5.82 Å². The Bertz CT molecular complexity index is 807. The van der Waals surface area contributed by atoms with Crippen LogP contribution in [0, 0.1) is 12.8 Å². The van der Waals surface area contributed by atoms with E-state index in [4.69, 9.17) is 4.98 Å². The van der Waals surface area contributed by atoms with Crippen LogP contribution in [0.25, 0.3) is 16.3 Å². The van der Waals surface area contributed by atoms with Gasteiger partial charge in [0.1, 0.15) is 11.5 Å². The first-order valence-corrected chi connectivity index (χ1v) is 8.25. The molecule has 0 aliphatic carbocycles. The maximum absolute atomic E-state index is 4.71. The molecule has 3 aromatic heterocycles. The van der Waals surface area contributed by atoms with Crippen LogP contribution in [0.3, 0.4) is 0 Å². The Morgan fingerprint density at radius 2 is 2.23 bits per heavy atom. The summed E-state index contributed by atoms with van der Waals surface area (Å²) >= 11 is 1.68. The number of rotatable bonds is 3. The molecule has 22 heavy (non-hydrogen) atoms. The first kappa shape index (κ1) is 13.7. The first-order chi connectivity index (χ1) is 10.7. The van der Waals surface area contributed by atoms with Crippen molar-refractivity contribution in [2.45, 2.75) is 19.9 Å². The zero-order chi connectivity index (χ0) is 15.1. The molecule has 0 spiro atoms. The molecule has 4 heterocycles. The lowest BCUT2D eigenvalue weighted by Crippen LogP contribution is -2.27. The average Bonchev–Trinajstić information content (AvgIpc) is 3.16. The number of aromatic nitrogens is 4. The van der Waals surface area contributed by atoms with Crippen molar-refractivity contribution in [1.82, 2.24) is 24.7 Å². The molecule has 1 fully saturated rings. The minimum atomic E-state index is 0.401. The number of aryl methyl sites for hydroxylation is 1. The highest BCUT2D eigenvalue weighted by Gasteiger charge is 2.23. The van der Waals surface area contributed by atoms with Crippen LogP contribution < -0.4 is 10.6 Å². The maximum Gasteiger partial charge on any atom is 0.194 e. The fourth-order valence-corrected chi connectivity index (χ4v) is 3.64. The van der Waals surface area contributed by atoms with Crippen LogP contribution in [0.15, 0.2) is 24.8 Å². The molecule has 0 radical (unpaired) electrons. The van der Waals surface area contributed by atoms with Gasteiger partial charge in [0.2, 0.25) is 0 Å². The van der Waals surface area contributed by atoms with Gasteiger partial charge in [-0.2, -0.15) is 0 Å². The van der Waals surface area contributed by atoms with E-state index in [0.29, 0.717) is 12.0 Å². The van der Waals surface area contributed by atoms with E-state index in [-0.39, 0.29) is 0 Å². The largest absolute Gasteiger partial charge is 0.364 e. The van der Waals surface area contributed by atoms with Gasteiger partial charge in [0.15, 0.2) is 4.96 Å². The molecule has 1 saturated heterocycles. The molecule has 1 aliphatic heterocycles. The van der Waals surface area contributed by atoms with E-state index in [1.54, 1.807) is 23.7 Å². The molecule has 3 aromatic rings. The number of nitrogens with zero attached hydrogens (tertiary/aromatic N) is 4. The van der Waals surface area contributed by atoms with Crippen molar-refractivity contribution in [2.24, 2.45) is 5.92 Å². The molecule has 0 saturated carbocycles. The SMILES string of the molecule is Cc1cn2c(-c3cncc(N[C@@H]4CNC[C@@H]4C)n3)cnc2s1. The molecule has 0 bridgehead atoms. The first-order valence-electron chi connectivity index (χ1n) is 7.44. The topological polar surface area (TPSA) is 67.1 Å². The number of hydrogen-bond donors (Lipinski definition) is 2. The molecule has 114 valence electrons. The summed E-state index contributed by atoms with van der Waals surface area (Å²) in [4.78, 5) is 15.7. The van der Waals surface area contributed by atoms with Crippen LogP contribution >= 0.6 is 11.3 Å². The van der Waals surface area contributed by atoms with Crippen LogP contribution in [0.2, 0.25) is 0 Å². The standard InChI is InChI=1S/C15H18N6S/c1-9-3-16-4-11(9)19-14-7-17-5-12(20-14)13-6-18-15-21(13)8-10(2)22-15/h5-9,11,16H,3-4H2,1-2H3,(H,19,20)/t9-,11+/m0/s1. The number of fused-ring (bicyclic) bond motifs is 1. The van der Waals surface area contributed by atoms with E-state index in [0.717, 1.165) is 35.3 Å². The van der Waals surface area contributed by atoms with Crippen molar-refractivity contribution in [3.05, 3.63) is 29.7 Å². The predicted octanol–water partition coefficient (Wildman–Crippen LogP) is 2.18. The van der Waals surface area contributed by atoms with Gasteiger partial charge < -0.3 is 10.6 Å². The molecular weight excluding hydrogens is 296 g/mol. The highest BCUT2D eigenvalue weighted by molar-refractivity contribution is 7.17. The summed E-state index contributed by atoms with van der Waals surface area (Å²) in [5.74, 6) is 1.41. The van der Waals surface area contributed by atoms with E-state index in [1.165, 1.54) is 4.88 Å². The van der Waals surface area contributed by atoms with Gasteiger partial charge in [0.25, 0.3) is 0 Å². The zero-order valence-electron chi connectivity index (χ0n) is 12.6. The van der Waals surface area contributed by atoms with E-state index in [1.807, 2.05) is 6.20 Å². The minimum Gasteiger partial charge on any atom is -0.364 e. The van der Waals surface area contributed by atoms with Gasteiger partial charge >= 0.3 is 0 Å². The van der Waals surface area contributed by atoms with E-state index < -0.39 is 0 Å². The summed E-state index contributed by atoms with van der Waals surface area (Å²) in [6.45, 7) is 6.33. The van der Waals surface area contributed by atoms with Crippen molar-refractivity contribution < 1.29 is 0 Å². The number of anilines is 1. The molecule has 2 N–H and O–H groups in total. The molecule has 0 amide bonds. The Kier molecular flexibility index (Phi) is 3.31. The second-order valence-corrected chi connectivity index (χ2v) is 7.03. The van der Waals surface area contributed by atoms with Crippen molar-refractivity contribution in [2.75, 3.05) is 18.4 Å².